The molecule has 0 radical (unpaired) electrons. The number of aliphatic hydroxyl groups is 1. The predicted octanol–water partition coefficient (Wildman–Crippen LogP) is 2.90. The second-order valence-electron chi connectivity index (χ2n) is 8.58. The van der Waals surface area contributed by atoms with E-state index in [0.717, 1.165) is 38.3 Å². The Hall–Kier alpha value is -1.09. The van der Waals surface area contributed by atoms with Gasteiger partial charge >= 0.3 is 0 Å². The highest BCUT2D eigenvalue weighted by molar-refractivity contribution is 7.89. The van der Waals surface area contributed by atoms with Crippen molar-refractivity contribution in [3.63, 3.8) is 0 Å². The fraction of sp³-hybridized carbons (Fsp3) is 0.750. The second kappa shape index (κ2) is 10.1. The van der Waals surface area contributed by atoms with E-state index in [4.69, 9.17) is 0 Å². The summed E-state index contributed by atoms with van der Waals surface area (Å²) in [5.74, 6) is 0.247. The van der Waals surface area contributed by atoms with Crippen molar-refractivity contribution in [2.24, 2.45) is 5.92 Å². The van der Waals surface area contributed by atoms with E-state index >= 15 is 0 Å². The molecule has 0 unspecified atom stereocenters. The standard InChI is InChI=1S/C20H34FN3O3S/c1-4-9-28(26,27)24-18-7-5-15(6-8-18)11-20(2,3)23-14-19(25)16-10-17(21)13-22-12-16/h10,12-13,15,18-19,23-25H,4-9,11,14H2,1-3H3/t15?,18?,19-/m0/s1. The van der Waals surface area contributed by atoms with Crippen LogP contribution in [0.4, 0.5) is 4.39 Å². The minimum atomic E-state index is -3.15. The Morgan fingerprint density at radius 3 is 2.57 bits per heavy atom. The molecular weight excluding hydrogens is 381 g/mol. The third-order valence-electron chi connectivity index (χ3n) is 5.35. The molecule has 0 aliphatic heterocycles. The van der Waals surface area contributed by atoms with Crippen LogP contribution < -0.4 is 10.0 Å². The van der Waals surface area contributed by atoms with Crippen molar-refractivity contribution < 1.29 is 17.9 Å². The highest BCUT2D eigenvalue weighted by atomic mass is 32.2. The van der Waals surface area contributed by atoms with E-state index in [2.05, 4.69) is 28.9 Å². The molecule has 1 atom stereocenters. The van der Waals surface area contributed by atoms with Gasteiger partial charge in [-0.2, -0.15) is 0 Å². The number of halogens is 1. The predicted molar refractivity (Wildman–Crippen MR) is 109 cm³/mol. The van der Waals surface area contributed by atoms with Gasteiger partial charge in [-0.3, -0.25) is 4.98 Å². The maximum atomic E-state index is 13.3. The van der Waals surface area contributed by atoms with Crippen molar-refractivity contribution in [1.29, 1.82) is 0 Å². The van der Waals surface area contributed by atoms with E-state index < -0.39 is 21.9 Å². The van der Waals surface area contributed by atoms with Crippen molar-refractivity contribution in [3.8, 4) is 0 Å². The average Bonchev–Trinajstić information content (AvgIpc) is 2.61. The molecule has 0 amide bonds. The van der Waals surface area contributed by atoms with Crippen LogP contribution in [-0.2, 0) is 10.0 Å². The summed E-state index contributed by atoms with van der Waals surface area (Å²) in [5, 5.41) is 13.6. The van der Waals surface area contributed by atoms with Crippen molar-refractivity contribution in [1.82, 2.24) is 15.0 Å². The van der Waals surface area contributed by atoms with Gasteiger partial charge in [0.05, 0.1) is 18.1 Å². The maximum absolute atomic E-state index is 13.3. The lowest BCUT2D eigenvalue weighted by Crippen LogP contribution is -2.44. The number of nitrogens with one attached hydrogen (secondary N) is 2. The number of aromatic nitrogens is 1. The van der Waals surface area contributed by atoms with Crippen molar-refractivity contribution in [3.05, 3.63) is 29.8 Å². The fourth-order valence-corrected chi connectivity index (χ4v) is 5.36. The molecular formula is C20H34FN3O3S. The number of nitrogens with zero attached hydrogens (tertiary/aromatic N) is 1. The molecule has 0 spiro atoms. The van der Waals surface area contributed by atoms with E-state index in [9.17, 15) is 17.9 Å². The van der Waals surface area contributed by atoms with Crippen LogP contribution in [0.2, 0.25) is 0 Å². The highest BCUT2D eigenvalue weighted by Crippen LogP contribution is 2.31. The number of β-amino-alcohol motifs (C(OH)–C–C–N with tert-alkyl or cyclic N) is 1. The first-order valence-corrected chi connectivity index (χ1v) is 11.8. The number of hydrogen-bond donors (Lipinski definition) is 3. The van der Waals surface area contributed by atoms with Crippen LogP contribution in [0.25, 0.3) is 0 Å². The first-order valence-electron chi connectivity index (χ1n) is 10.1. The summed E-state index contributed by atoms with van der Waals surface area (Å²) in [7, 11) is -3.15. The second-order valence-corrected chi connectivity index (χ2v) is 10.4. The van der Waals surface area contributed by atoms with Crippen LogP contribution in [0, 0.1) is 11.7 Å². The molecule has 1 saturated carbocycles. The lowest BCUT2D eigenvalue weighted by molar-refractivity contribution is 0.149. The molecule has 0 saturated heterocycles. The quantitative estimate of drug-likeness (QED) is 0.547. The first kappa shape index (κ1) is 23.2. The van der Waals surface area contributed by atoms with Crippen LogP contribution in [0.3, 0.4) is 0 Å². The van der Waals surface area contributed by atoms with Crippen LogP contribution >= 0.6 is 0 Å². The Kier molecular flexibility index (Phi) is 8.36. The molecule has 6 nitrogen and oxygen atoms in total. The van der Waals surface area contributed by atoms with Gasteiger partial charge in [0.15, 0.2) is 0 Å². The molecule has 1 aliphatic rings. The zero-order valence-corrected chi connectivity index (χ0v) is 17.9. The summed E-state index contributed by atoms with van der Waals surface area (Å²) < 4.78 is 39.9. The molecule has 160 valence electrons. The average molecular weight is 416 g/mol. The molecule has 0 aromatic carbocycles. The van der Waals surface area contributed by atoms with E-state index in [0.29, 0.717) is 24.4 Å². The maximum Gasteiger partial charge on any atom is 0.211 e. The van der Waals surface area contributed by atoms with E-state index in [1.165, 1.54) is 12.3 Å². The number of pyridine rings is 1. The van der Waals surface area contributed by atoms with Crippen LogP contribution in [-0.4, -0.2) is 42.4 Å². The van der Waals surface area contributed by atoms with Crippen LogP contribution in [0.5, 0.6) is 0 Å². The molecule has 1 fully saturated rings. The summed E-state index contributed by atoms with van der Waals surface area (Å²) in [4.78, 5) is 3.78. The van der Waals surface area contributed by atoms with E-state index in [-0.39, 0.29) is 17.3 Å². The van der Waals surface area contributed by atoms with Gasteiger partial charge in [-0.1, -0.05) is 6.92 Å². The SMILES string of the molecule is CCCS(=O)(=O)NC1CCC(CC(C)(C)NC[C@H](O)c2cncc(F)c2)CC1. The first-order chi connectivity index (χ1) is 13.1. The lowest BCUT2D eigenvalue weighted by Gasteiger charge is -2.35. The molecule has 3 N–H and O–H groups in total. The van der Waals surface area contributed by atoms with Gasteiger partial charge in [-0.05, 0) is 64.4 Å². The number of hydrogen-bond acceptors (Lipinski definition) is 5. The minimum absolute atomic E-state index is 0.0474. The van der Waals surface area contributed by atoms with Gasteiger partial charge < -0.3 is 10.4 Å². The van der Waals surface area contributed by atoms with Gasteiger partial charge in [0.25, 0.3) is 0 Å². The lowest BCUT2D eigenvalue weighted by atomic mass is 9.79. The van der Waals surface area contributed by atoms with Gasteiger partial charge in [-0.15, -0.1) is 0 Å². The van der Waals surface area contributed by atoms with Crippen LogP contribution in [0.1, 0.15) is 71.0 Å². The van der Waals surface area contributed by atoms with Gasteiger partial charge in [0.1, 0.15) is 5.82 Å². The minimum Gasteiger partial charge on any atom is -0.387 e. The molecule has 0 bridgehead atoms. The Morgan fingerprint density at radius 1 is 1.29 bits per heavy atom. The topological polar surface area (TPSA) is 91.3 Å². The molecule has 1 heterocycles. The fourth-order valence-electron chi connectivity index (χ4n) is 3.96. The third-order valence-corrected chi connectivity index (χ3v) is 6.99. The summed E-state index contributed by atoms with van der Waals surface area (Å²) >= 11 is 0. The van der Waals surface area contributed by atoms with Crippen molar-refractivity contribution in [2.75, 3.05) is 12.3 Å². The summed E-state index contributed by atoms with van der Waals surface area (Å²) in [6.07, 6.45) is 7.04. The number of sulfonamides is 1. The summed E-state index contributed by atoms with van der Waals surface area (Å²) in [6, 6.07) is 1.35. The van der Waals surface area contributed by atoms with Crippen LogP contribution in [0.15, 0.2) is 18.5 Å². The monoisotopic (exact) mass is 415 g/mol. The smallest absolute Gasteiger partial charge is 0.211 e. The zero-order valence-electron chi connectivity index (χ0n) is 17.1. The Morgan fingerprint density at radius 2 is 1.96 bits per heavy atom. The van der Waals surface area contributed by atoms with Gasteiger partial charge in [0, 0.05) is 29.9 Å². The largest absolute Gasteiger partial charge is 0.387 e. The van der Waals surface area contributed by atoms with E-state index in [1.54, 1.807) is 0 Å². The number of aliphatic hydroxyl groups excluding tert-OH is 1. The van der Waals surface area contributed by atoms with Gasteiger partial charge in [-0.25, -0.2) is 17.5 Å². The van der Waals surface area contributed by atoms with Crippen molar-refractivity contribution >= 4 is 10.0 Å². The molecule has 2 rings (SSSR count). The molecule has 28 heavy (non-hydrogen) atoms. The highest BCUT2D eigenvalue weighted by Gasteiger charge is 2.29. The molecule has 8 heteroatoms. The Balaban J connectivity index is 1.77. The normalized spacial score (nSPS) is 22.2. The Bertz CT molecular complexity index is 719. The number of rotatable bonds is 10. The molecule has 1 aromatic rings. The Labute approximate surface area is 168 Å². The molecule has 1 aromatic heterocycles. The third kappa shape index (κ3) is 7.73. The van der Waals surface area contributed by atoms with Crippen molar-refractivity contribution in [2.45, 2.75) is 77.0 Å². The van der Waals surface area contributed by atoms with E-state index in [1.807, 2.05) is 6.92 Å². The van der Waals surface area contributed by atoms with Gasteiger partial charge in [0.2, 0.25) is 10.0 Å². The zero-order chi connectivity index (χ0) is 20.8. The summed E-state index contributed by atoms with van der Waals surface area (Å²) in [5.41, 5.74) is 0.282. The summed E-state index contributed by atoms with van der Waals surface area (Å²) in [6.45, 7) is 6.39. The molecule has 1 aliphatic carbocycles.